The molecule has 2 aromatic rings. The molecule has 0 unspecified atom stereocenters. The summed E-state index contributed by atoms with van der Waals surface area (Å²) in [5.41, 5.74) is 3.21. The average molecular weight is 281 g/mol. The van der Waals surface area contributed by atoms with Gasteiger partial charge in [-0.05, 0) is 32.9 Å². The van der Waals surface area contributed by atoms with E-state index in [2.05, 4.69) is 28.0 Å². The number of aryl methyl sites for hydroxylation is 1. The Kier molecular flexibility index (Phi) is 3.26. The summed E-state index contributed by atoms with van der Waals surface area (Å²) >= 11 is 0. The van der Waals surface area contributed by atoms with Crippen LogP contribution < -0.4 is 0 Å². The maximum Gasteiger partial charge on any atom is 0.153 e. The van der Waals surface area contributed by atoms with Crippen molar-refractivity contribution in [3.05, 3.63) is 41.3 Å². The first-order valence-corrected chi connectivity index (χ1v) is 7.12. The van der Waals surface area contributed by atoms with Crippen LogP contribution in [0.4, 0.5) is 0 Å². The Morgan fingerprint density at radius 1 is 1.33 bits per heavy atom. The van der Waals surface area contributed by atoms with Gasteiger partial charge in [0, 0.05) is 37.1 Å². The van der Waals surface area contributed by atoms with Crippen LogP contribution in [-0.4, -0.2) is 32.8 Å². The molecule has 0 aliphatic carbocycles. The van der Waals surface area contributed by atoms with Gasteiger partial charge >= 0.3 is 0 Å². The SMILES string of the molecule is Cc1nn(-c2ccccn2)c(C)c1CN1CC(C)(C#N)C1. The molecule has 5 nitrogen and oxygen atoms in total. The van der Waals surface area contributed by atoms with Gasteiger partial charge in [0.25, 0.3) is 0 Å². The number of nitriles is 1. The third-order valence-corrected chi connectivity index (χ3v) is 4.10. The third kappa shape index (κ3) is 2.43. The molecule has 3 rings (SSSR count). The summed E-state index contributed by atoms with van der Waals surface area (Å²) < 4.78 is 1.90. The Morgan fingerprint density at radius 2 is 2.10 bits per heavy atom. The maximum absolute atomic E-state index is 9.09. The van der Waals surface area contributed by atoms with Gasteiger partial charge in [-0.3, -0.25) is 4.90 Å². The highest BCUT2D eigenvalue weighted by atomic mass is 15.3. The quantitative estimate of drug-likeness (QED) is 0.865. The van der Waals surface area contributed by atoms with Crippen LogP contribution in [0, 0.1) is 30.6 Å². The summed E-state index contributed by atoms with van der Waals surface area (Å²) in [5.74, 6) is 0.842. The highest BCUT2D eigenvalue weighted by Crippen LogP contribution is 2.31. The van der Waals surface area contributed by atoms with E-state index >= 15 is 0 Å². The Labute approximate surface area is 124 Å². The van der Waals surface area contributed by atoms with Crippen LogP contribution in [0.2, 0.25) is 0 Å². The van der Waals surface area contributed by atoms with E-state index in [1.54, 1.807) is 6.20 Å². The van der Waals surface area contributed by atoms with Crippen LogP contribution in [0.1, 0.15) is 23.9 Å². The molecule has 1 aliphatic rings. The third-order valence-electron chi connectivity index (χ3n) is 4.10. The standard InChI is InChI=1S/C16H19N5/c1-12-14(8-20-10-16(3,9-17)11-20)13(2)21(19-12)15-6-4-5-7-18-15/h4-7H,8,10-11H2,1-3H3. The molecular formula is C16H19N5. The topological polar surface area (TPSA) is 57.7 Å². The normalized spacial score (nSPS) is 17.2. The largest absolute Gasteiger partial charge is 0.296 e. The summed E-state index contributed by atoms with van der Waals surface area (Å²) in [6.07, 6.45) is 1.78. The molecule has 0 bridgehead atoms. The molecule has 0 aromatic carbocycles. The van der Waals surface area contributed by atoms with E-state index in [0.717, 1.165) is 36.8 Å². The fourth-order valence-corrected chi connectivity index (χ4v) is 2.95. The van der Waals surface area contributed by atoms with Crippen molar-refractivity contribution >= 4 is 0 Å². The van der Waals surface area contributed by atoms with Gasteiger partial charge in [-0.25, -0.2) is 9.67 Å². The predicted molar refractivity (Wildman–Crippen MR) is 79.8 cm³/mol. The van der Waals surface area contributed by atoms with Gasteiger partial charge in [-0.2, -0.15) is 10.4 Å². The molecule has 0 radical (unpaired) electrons. The summed E-state index contributed by atoms with van der Waals surface area (Å²) in [6.45, 7) is 8.63. The molecule has 2 aromatic heterocycles. The van der Waals surface area contributed by atoms with Gasteiger partial charge < -0.3 is 0 Å². The average Bonchev–Trinajstić information content (AvgIpc) is 2.74. The van der Waals surface area contributed by atoms with Crippen molar-refractivity contribution in [3.63, 3.8) is 0 Å². The monoisotopic (exact) mass is 281 g/mol. The number of likely N-dealkylation sites (tertiary alicyclic amines) is 1. The Hall–Kier alpha value is -2.19. The minimum atomic E-state index is -0.182. The molecular weight excluding hydrogens is 262 g/mol. The van der Waals surface area contributed by atoms with E-state index in [0.29, 0.717) is 0 Å². The van der Waals surface area contributed by atoms with Crippen molar-refractivity contribution in [2.24, 2.45) is 5.41 Å². The number of hydrogen-bond donors (Lipinski definition) is 0. The van der Waals surface area contributed by atoms with Crippen molar-refractivity contribution < 1.29 is 0 Å². The minimum Gasteiger partial charge on any atom is -0.296 e. The van der Waals surface area contributed by atoms with Crippen molar-refractivity contribution in [2.75, 3.05) is 13.1 Å². The molecule has 0 N–H and O–H groups in total. The van der Waals surface area contributed by atoms with Crippen molar-refractivity contribution in [1.29, 1.82) is 5.26 Å². The second-order valence-corrected chi connectivity index (χ2v) is 6.07. The second-order valence-electron chi connectivity index (χ2n) is 6.07. The smallest absolute Gasteiger partial charge is 0.153 e. The zero-order chi connectivity index (χ0) is 15.0. The lowest BCUT2D eigenvalue weighted by Crippen LogP contribution is -2.53. The second kappa shape index (κ2) is 4.97. The first-order chi connectivity index (χ1) is 10.0. The van der Waals surface area contributed by atoms with Crippen LogP contribution >= 0.6 is 0 Å². The first kappa shape index (κ1) is 13.8. The van der Waals surface area contributed by atoms with Gasteiger partial charge in [-0.1, -0.05) is 6.07 Å². The van der Waals surface area contributed by atoms with E-state index in [4.69, 9.17) is 5.26 Å². The van der Waals surface area contributed by atoms with Crippen LogP contribution in [0.15, 0.2) is 24.4 Å². The van der Waals surface area contributed by atoms with E-state index in [9.17, 15) is 0 Å². The van der Waals surface area contributed by atoms with Gasteiger partial charge in [-0.15, -0.1) is 0 Å². The number of aromatic nitrogens is 3. The highest BCUT2D eigenvalue weighted by molar-refractivity contribution is 5.32. The zero-order valence-corrected chi connectivity index (χ0v) is 12.7. The molecule has 1 aliphatic heterocycles. The van der Waals surface area contributed by atoms with Crippen LogP contribution in [0.5, 0.6) is 0 Å². The van der Waals surface area contributed by atoms with Crippen LogP contribution in [-0.2, 0) is 6.54 Å². The maximum atomic E-state index is 9.09. The van der Waals surface area contributed by atoms with Gasteiger partial charge in [0.05, 0.1) is 17.2 Å². The van der Waals surface area contributed by atoms with Gasteiger partial charge in [0.15, 0.2) is 5.82 Å². The van der Waals surface area contributed by atoms with Gasteiger partial charge in [0.2, 0.25) is 0 Å². The highest BCUT2D eigenvalue weighted by Gasteiger charge is 2.39. The van der Waals surface area contributed by atoms with E-state index in [-0.39, 0.29) is 5.41 Å². The lowest BCUT2D eigenvalue weighted by molar-refractivity contribution is 0.0526. The minimum absolute atomic E-state index is 0.182. The zero-order valence-electron chi connectivity index (χ0n) is 12.7. The fourth-order valence-electron chi connectivity index (χ4n) is 2.95. The predicted octanol–water partition coefficient (Wildman–Crippen LogP) is 2.23. The summed E-state index contributed by atoms with van der Waals surface area (Å²) in [5, 5.41) is 13.7. The van der Waals surface area contributed by atoms with Gasteiger partial charge in [0.1, 0.15) is 0 Å². The molecule has 0 spiro atoms. The molecule has 5 heteroatoms. The summed E-state index contributed by atoms with van der Waals surface area (Å²) in [6, 6.07) is 8.21. The Morgan fingerprint density at radius 3 is 2.71 bits per heavy atom. The molecule has 1 fully saturated rings. The Bertz CT molecular complexity index is 689. The molecule has 0 amide bonds. The number of pyridine rings is 1. The molecule has 0 saturated carbocycles. The number of rotatable bonds is 3. The van der Waals surface area contributed by atoms with Crippen molar-refractivity contribution in [3.8, 4) is 11.9 Å². The number of nitrogens with zero attached hydrogens (tertiary/aromatic N) is 5. The summed E-state index contributed by atoms with van der Waals surface area (Å²) in [7, 11) is 0. The van der Waals surface area contributed by atoms with Crippen LogP contribution in [0.25, 0.3) is 5.82 Å². The molecule has 21 heavy (non-hydrogen) atoms. The summed E-state index contributed by atoms with van der Waals surface area (Å²) in [4.78, 5) is 6.65. The molecule has 0 atom stereocenters. The lowest BCUT2D eigenvalue weighted by Gasteiger charge is -2.43. The van der Waals surface area contributed by atoms with Crippen molar-refractivity contribution in [2.45, 2.75) is 27.3 Å². The molecule has 3 heterocycles. The van der Waals surface area contributed by atoms with Crippen molar-refractivity contribution in [1.82, 2.24) is 19.7 Å². The number of hydrogen-bond acceptors (Lipinski definition) is 4. The molecule has 1 saturated heterocycles. The molecule has 108 valence electrons. The van der Waals surface area contributed by atoms with E-state index in [1.165, 1.54) is 5.56 Å². The van der Waals surface area contributed by atoms with E-state index in [1.807, 2.05) is 36.7 Å². The van der Waals surface area contributed by atoms with E-state index < -0.39 is 0 Å². The lowest BCUT2D eigenvalue weighted by atomic mass is 9.83. The Balaban J connectivity index is 1.82. The first-order valence-electron chi connectivity index (χ1n) is 7.12. The van der Waals surface area contributed by atoms with Crippen LogP contribution in [0.3, 0.4) is 0 Å². The fraction of sp³-hybridized carbons (Fsp3) is 0.438.